The largest absolute Gasteiger partial charge is 0.493 e. The van der Waals surface area contributed by atoms with Gasteiger partial charge in [0.25, 0.3) is 0 Å². The van der Waals surface area contributed by atoms with Crippen molar-refractivity contribution in [2.24, 2.45) is 0 Å². The summed E-state index contributed by atoms with van der Waals surface area (Å²) < 4.78 is 24.5. The van der Waals surface area contributed by atoms with E-state index in [1.165, 1.54) is 19.2 Å². The molecule has 1 N–H and O–H groups in total. The smallest absolute Gasteiger partial charge is 0.169 e. The van der Waals surface area contributed by atoms with Crippen LogP contribution in [-0.4, -0.2) is 12.2 Å². The molecule has 0 unspecified atom stereocenters. The van der Waals surface area contributed by atoms with Gasteiger partial charge in [-0.2, -0.15) is 0 Å². The molecule has 0 amide bonds. The van der Waals surface area contributed by atoms with Gasteiger partial charge in [0.2, 0.25) is 0 Å². The molecule has 100 valence electrons. The maximum Gasteiger partial charge on any atom is 0.169 e. The lowest BCUT2D eigenvalue weighted by Gasteiger charge is -2.12. The highest BCUT2D eigenvalue weighted by Gasteiger charge is 2.11. The minimum absolute atomic E-state index is 0.0916. The molecular weight excluding hydrogens is 247 g/mol. The summed E-state index contributed by atoms with van der Waals surface area (Å²) in [6.07, 6.45) is -0.713. The van der Waals surface area contributed by atoms with Gasteiger partial charge in [-0.1, -0.05) is 18.2 Å². The van der Waals surface area contributed by atoms with Crippen molar-refractivity contribution in [3.63, 3.8) is 0 Å². The Hall–Kier alpha value is -2.07. The predicted octanol–water partition coefficient (Wildman–Crippen LogP) is 3.68. The molecule has 3 nitrogen and oxygen atoms in total. The minimum Gasteiger partial charge on any atom is -0.493 e. The van der Waals surface area contributed by atoms with E-state index in [2.05, 4.69) is 0 Å². The molecular formula is C15H15FO3. The van der Waals surface area contributed by atoms with E-state index in [-0.39, 0.29) is 5.75 Å². The lowest BCUT2D eigenvalue weighted by Crippen LogP contribution is -1.95. The van der Waals surface area contributed by atoms with Crippen LogP contribution in [0.1, 0.15) is 18.6 Å². The zero-order valence-corrected chi connectivity index (χ0v) is 10.8. The van der Waals surface area contributed by atoms with Crippen molar-refractivity contribution < 1.29 is 19.0 Å². The average molecular weight is 262 g/mol. The molecule has 4 heteroatoms. The van der Waals surface area contributed by atoms with Crippen LogP contribution < -0.4 is 9.47 Å². The number of hydrogen-bond donors (Lipinski definition) is 1. The van der Waals surface area contributed by atoms with E-state index < -0.39 is 11.9 Å². The van der Waals surface area contributed by atoms with Crippen LogP contribution in [-0.2, 0) is 0 Å². The summed E-state index contributed by atoms with van der Waals surface area (Å²) in [5.74, 6) is 0.536. The Kier molecular flexibility index (Phi) is 4.02. The topological polar surface area (TPSA) is 38.7 Å². The zero-order valence-electron chi connectivity index (χ0n) is 10.8. The first-order valence-electron chi connectivity index (χ1n) is 5.90. The van der Waals surface area contributed by atoms with Crippen molar-refractivity contribution in [3.05, 3.63) is 53.8 Å². The van der Waals surface area contributed by atoms with Crippen molar-refractivity contribution >= 4 is 0 Å². The van der Waals surface area contributed by atoms with Gasteiger partial charge in [0.1, 0.15) is 0 Å². The van der Waals surface area contributed by atoms with Gasteiger partial charge in [0.05, 0.1) is 13.2 Å². The summed E-state index contributed by atoms with van der Waals surface area (Å²) in [6.45, 7) is 1.58. The van der Waals surface area contributed by atoms with E-state index in [4.69, 9.17) is 9.47 Å². The van der Waals surface area contributed by atoms with E-state index in [1.807, 2.05) is 0 Å². The summed E-state index contributed by atoms with van der Waals surface area (Å²) >= 11 is 0. The Bertz CT molecular complexity index is 567. The first kappa shape index (κ1) is 13.4. The van der Waals surface area contributed by atoms with Gasteiger partial charge in [-0.3, -0.25) is 0 Å². The average Bonchev–Trinajstić information content (AvgIpc) is 2.41. The minimum atomic E-state index is -0.713. The van der Waals surface area contributed by atoms with E-state index in [1.54, 1.807) is 37.3 Å². The second-order valence-corrected chi connectivity index (χ2v) is 4.12. The number of rotatable bonds is 4. The van der Waals surface area contributed by atoms with Gasteiger partial charge in [0.15, 0.2) is 23.1 Å². The molecule has 0 aliphatic carbocycles. The standard InChI is InChI=1S/C15H15FO3/c1-10(17)11-7-8-13(12(16)9-11)19-15-6-4-3-5-14(15)18-2/h3-10,17H,1-2H3/t10-/m0/s1. The van der Waals surface area contributed by atoms with Crippen LogP contribution in [0.25, 0.3) is 0 Å². The third-order valence-electron chi connectivity index (χ3n) is 2.73. The van der Waals surface area contributed by atoms with E-state index in [9.17, 15) is 9.50 Å². The molecule has 0 radical (unpaired) electrons. The summed E-state index contributed by atoms with van der Waals surface area (Å²) in [5.41, 5.74) is 0.505. The highest BCUT2D eigenvalue weighted by Crippen LogP contribution is 2.32. The molecule has 0 fully saturated rings. The lowest BCUT2D eigenvalue weighted by atomic mass is 10.1. The fraction of sp³-hybridized carbons (Fsp3) is 0.200. The molecule has 0 aliphatic rings. The van der Waals surface area contributed by atoms with Gasteiger partial charge in [0, 0.05) is 0 Å². The number of ether oxygens (including phenoxy) is 2. The molecule has 1 atom stereocenters. The number of aliphatic hydroxyl groups is 1. The number of benzene rings is 2. The van der Waals surface area contributed by atoms with Gasteiger partial charge >= 0.3 is 0 Å². The predicted molar refractivity (Wildman–Crippen MR) is 70.1 cm³/mol. The van der Waals surface area contributed by atoms with E-state index in [0.717, 1.165) is 0 Å². The van der Waals surface area contributed by atoms with Crippen LogP contribution in [0.2, 0.25) is 0 Å². The number of methoxy groups -OCH3 is 1. The molecule has 19 heavy (non-hydrogen) atoms. The SMILES string of the molecule is COc1ccccc1Oc1ccc([C@H](C)O)cc1F. The highest BCUT2D eigenvalue weighted by atomic mass is 19.1. The van der Waals surface area contributed by atoms with Crippen molar-refractivity contribution in [3.8, 4) is 17.2 Å². The molecule has 0 aromatic heterocycles. The van der Waals surface area contributed by atoms with Crippen LogP contribution in [0.3, 0.4) is 0 Å². The van der Waals surface area contributed by atoms with Crippen molar-refractivity contribution in [1.82, 2.24) is 0 Å². The number of hydrogen-bond acceptors (Lipinski definition) is 3. The second kappa shape index (κ2) is 5.71. The summed E-state index contributed by atoms with van der Waals surface area (Å²) in [4.78, 5) is 0. The van der Waals surface area contributed by atoms with E-state index >= 15 is 0 Å². The van der Waals surface area contributed by atoms with Gasteiger partial charge in [-0.25, -0.2) is 4.39 Å². The normalized spacial score (nSPS) is 12.0. The Morgan fingerprint density at radius 2 is 1.74 bits per heavy atom. The van der Waals surface area contributed by atoms with Crippen LogP contribution in [0.4, 0.5) is 4.39 Å². The van der Waals surface area contributed by atoms with Gasteiger partial charge in [-0.15, -0.1) is 0 Å². The Morgan fingerprint density at radius 3 is 2.32 bits per heavy atom. The Balaban J connectivity index is 2.28. The molecule has 0 aliphatic heterocycles. The fourth-order valence-electron chi connectivity index (χ4n) is 1.68. The Labute approximate surface area is 111 Å². The van der Waals surface area contributed by atoms with Crippen LogP contribution in [0.15, 0.2) is 42.5 Å². The molecule has 0 spiro atoms. The van der Waals surface area contributed by atoms with Gasteiger partial charge < -0.3 is 14.6 Å². The number of para-hydroxylation sites is 2. The van der Waals surface area contributed by atoms with Crippen LogP contribution in [0, 0.1) is 5.82 Å². The summed E-state index contributed by atoms with van der Waals surface area (Å²) in [5, 5.41) is 9.38. The maximum atomic E-state index is 13.9. The Morgan fingerprint density at radius 1 is 1.05 bits per heavy atom. The summed E-state index contributed by atoms with van der Waals surface area (Å²) in [6, 6.07) is 11.4. The second-order valence-electron chi connectivity index (χ2n) is 4.12. The first-order chi connectivity index (χ1) is 9.11. The highest BCUT2D eigenvalue weighted by molar-refractivity contribution is 5.43. The molecule has 0 saturated heterocycles. The quantitative estimate of drug-likeness (QED) is 0.913. The molecule has 0 heterocycles. The lowest BCUT2D eigenvalue weighted by molar-refractivity contribution is 0.198. The molecule has 2 aromatic carbocycles. The van der Waals surface area contributed by atoms with Gasteiger partial charge in [-0.05, 0) is 36.8 Å². The number of aliphatic hydroxyl groups excluding tert-OH is 1. The van der Waals surface area contributed by atoms with E-state index in [0.29, 0.717) is 17.1 Å². The fourth-order valence-corrected chi connectivity index (χ4v) is 1.68. The van der Waals surface area contributed by atoms with Crippen molar-refractivity contribution in [2.75, 3.05) is 7.11 Å². The van der Waals surface area contributed by atoms with Crippen LogP contribution in [0.5, 0.6) is 17.2 Å². The maximum absolute atomic E-state index is 13.9. The third kappa shape index (κ3) is 3.03. The first-order valence-corrected chi connectivity index (χ1v) is 5.90. The monoisotopic (exact) mass is 262 g/mol. The number of halogens is 1. The molecule has 2 rings (SSSR count). The molecule has 0 saturated carbocycles. The third-order valence-corrected chi connectivity index (χ3v) is 2.73. The van der Waals surface area contributed by atoms with Crippen molar-refractivity contribution in [1.29, 1.82) is 0 Å². The van der Waals surface area contributed by atoms with Crippen LogP contribution >= 0.6 is 0 Å². The molecule has 0 bridgehead atoms. The molecule has 2 aromatic rings. The van der Waals surface area contributed by atoms with Crippen molar-refractivity contribution in [2.45, 2.75) is 13.0 Å². The zero-order chi connectivity index (χ0) is 13.8. The summed E-state index contributed by atoms with van der Waals surface area (Å²) in [7, 11) is 1.52.